The minimum Gasteiger partial charge on any atom is -0.353 e. The van der Waals surface area contributed by atoms with Gasteiger partial charge in [-0.25, -0.2) is 0 Å². The number of rotatable bonds is 1. The molecule has 0 aromatic rings. The van der Waals surface area contributed by atoms with Gasteiger partial charge in [0.05, 0.1) is 6.10 Å². The molecule has 2 saturated heterocycles. The van der Waals surface area contributed by atoms with Crippen molar-refractivity contribution >= 4 is 0 Å². The van der Waals surface area contributed by atoms with Crippen molar-refractivity contribution in [2.75, 3.05) is 7.11 Å². The third-order valence-corrected chi connectivity index (χ3v) is 2.92. The second kappa shape index (κ2) is 2.76. The summed E-state index contributed by atoms with van der Waals surface area (Å²) in [6, 6.07) is 0. The zero-order valence-corrected chi connectivity index (χ0v) is 7.14. The zero-order chi connectivity index (χ0) is 7.73. The van der Waals surface area contributed by atoms with Gasteiger partial charge in [-0.1, -0.05) is 0 Å². The fourth-order valence-corrected chi connectivity index (χ4v) is 2.26. The van der Waals surface area contributed by atoms with Crippen LogP contribution in [-0.4, -0.2) is 19.0 Å². The van der Waals surface area contributed by atoms with Gasteiger partial charge in [0.15, 0.2) is 5.79 Å². The Hall–Kier alpha value is -0.0800. The average molecular weight is 156 g/mol. The van der Waals surface area contributed by atoms with E-state index in [0.717, 1.165) is 12.8 Å². The normalized spacial score (nSPS) is 43.9. The van der Waals surface area contributed by atoms with Crippen molar-refractivity contribution < 1.29 is 9.47 Å². The van der Waals surface area contributed by atoms with E-state index in [1.807, 2.05) is 0 Å². The fraction of sp³-hybridized carbons (Fsp3) is 1.00. The topological polar surface area (TPSA) is 18.5 Å². The number of fused-ring (bicyclic) bond motifs is 2. The Labute approximate surface area is 67.9 Å². The van der Waals surface area contributed by atoms with E-state index in [4.69, 9.17) is 9.47 Å². The predicted octanol–water partition coefficient (Wildman–Crippen LogP) is 2.08. The Morgan fingerprint density at radius 1 is 1.27 bits per heavy atom. The van der Waals surface area contributed by atoms with Crippen LogP contribution in [-0.2, 0) is 9.47 Å². The van der Waals surface area contributed by atoms with Gasteiger partial charge in [-0.05, 0) is 25.7 Å². The van der Waals surface area contributed by atoms with E-state index in [1.165, 1.54) is 25.7 Å². The molecule has 0 amide bonds. The molecule has 0 aliphatic carbocycles. The summed E-state index contributed by atoms with van der Waals surface area (Å²) in [6.45, 7) is 0. The molecule has 0 spiro atoms. The molecule has 0 aromatic carbocycles. The van der Waals surface area contributed by atoms with E-state index in [9.17, 15) is 0 Å². The average Bonchev–Trinajstić information content (AvgIpc) is 2.05. The Kier molecular flexibility index (Phi) is 1.90. The van der Waals surface area contributed by atoms with Crippen LogP contribution >= 0.6 is 0 Å². The summed E-state index contributed by atoms with van der Waals surface area (Å²) >= 11 is 0. The molecule has 0 aromatic heterocycles. The second-order valence-corrected chi connectivity index (χ2v) is 3.64. The van der Waals surface area contributed by atoms with E-state index in [2.05, 4.69) is 0 Å². The van der Waals surface area contributed by atoms with Gasteiger partial charge in [0, 0.05) is 20.0 Å². The second-order valence-electron chi connectivity index (χ2n) is 3.64. The maximum absolute atomic E-state index is 5.84. The first-order chi connectivity index (χ1) is 5.35. The minimum atomic E-state index is -0.179. The minimum absolute atomic E-state index is 0.179. The summed E-state index contributed by atoms with van der Waals surface area (Å²) in [7, 11) is 1.77. The van der Waals surface area contributed by atoms with E-state index >= 15 is 0 Å². The molecule has 0 N–H and O–H groups in total. The molecule has 2 fully saturated rings. The van der Waals surface area contributed by atoms with Gasteiger partial charge in [0.1, 0.15) is 0 Å². The quantitative estimate of drug-likeness (QED) is 0.578. The molecular weight excluding hydrogens is 140 g/mol. The van der Waals surface area contributed by atoms with Crippen molar-refractivity contribution in [1.82, 2.24) is 0 Å². The van der Waals surface area contributed by atoms with Crippen LogP contribution in [0.1, 0.15) is 38.5 Å². The van der Waals surface area contributed by atoms with Crippen LogP contribution in [0.5, 0.6) is 0 Å². The lowest BCUT2D eigenvalue weighted by molar-refractivity contribution is -0.288. The van der Waals surface area contributed by atoms with E-state index < -0.39 is 0 Å². The summed E-state index contributed by atoms with van der Waals surface area (Å²) in [6.07, 6.45) is 7.73. The molecule has 2 rings (SSSR count). The molecule has 0 saturated carbocycles. The molecule has 2 aliphatic heterocycles. The molecule has 2 aliphatic rings. The fourth-order valence-electron chi connectivity index (χ4n) is 2.26. The SMILES string of the molecule is COC12CCCC(CCC1)O2. The number of hydrogen-bond acceptors (Lipinski definition) is 2. The summed E-state index contributed by atoms with van der Waals surface area (Å²) in [5.41, 5.74) is 0. The highest BCUT2D eigenvalue weighted by Crippen LogP contribution is 2.39. The van der Waals surface area contributed by atoms with E-state index in [1.54, 1.807) is 7.11 Å². The first-order valence-electron chi connectivity index (χ1n) is 4.58. The molecule has 2 bridgehead atoms. The Balaban J connectivity index is 2.07. The molecule has 0 radical (unpaired) electrons. The van der Waals surface area contributed by atoms with Gasteiger partial charge >= 0.3 is 0 Å². The lowest BCUT2D eigenvalue weighted by Crippen LogP contribution is -2.45. The maximum atomic E-state index is 5.84. The predicted molar refractivity (Wildman–Crippen MR) is 42.3 cm³/mol. The maximum Gasteiger partial charge on any atom is 0.168 e. The van der Waals surface area contributed by atoms with Crippen molar-refractivity contribution in [3.8, 4) is 0 Å². The highest BCUT2D eigenvalue weighted by molar-refractivity contribution is 4.83. The Morgan fingerprint density at radius 3 is 2.36 bits per heavy atom. The molecule has 2 nitrogen and oxygen atoms in total. The van der Waals surface area contributed by atoms with Crippen LogP contribution in [0, 0.1) is 0 Å². The van der Waals surface area contributed by atoms with Gasteiger partial charge in [-0.15, -0.1) is 0 Å². The summed E-state index contributed by atoms with van der Waals surface area (Å²) in [5.74, 6) is -0.179. The molecule has 64 valence electrons. The van der Waals surface area contributed by atoms with Crippen molar-refractivity contribution in [3.63, 3.8) is 0 Å². The highest BCUT2D eigenvalue weighted by atomic mass is 16.7. The molecule has 2 heteroatoms. The lowest BCUT2D eigenvalue weighted by Gasteiger charge is -2.44. The molecular formula is C9H16O2. The Morgan fingerprint density at radius 2 is 1.91 bits per heavy atom. The number of methoxy groups -OCH3 is 1. The van der Waals surface area contributed by atoms with Gasteiger partial charge in [-0.3, -0.25) is 0 Å². The number of ether oxygens (including phenoxy) is 2. The van der Waals surface area contributed by atoms with Crippen molar-refractivity contribution in [2.45, 2.75) is 50.4 Å². The number of hydrogen-bond donors (Lipinski definition) is 0. The van der Waals surface area contributed by atoms with Crippen LogP contribution in [0.25, 0.3) is 0 Å². The molecule has 0 unspecified atom stereocenters. The van der Waals surface area contributed by atoms with Crippen LogP contribution in [0.3, 0.4) is 0 Å². The van der Waals surface area contributed by atoms with Gasteiger partial charge < -0.3 is 9.47 Å². The Bertz CT molecular complexity index is 134. The van der Waals surface area contributed by atoms with E-state index in [0.29, 0.717) is 6.10 Å². The van der Waals surface area contributed by atoms with Crippen molar-refractivity contribution in [2.24, 2.45) is 0 Å². The van der Waals surface area contributed by atoms with E-state index in [-0.39, 0.29) is 5.79 Å². The highest BCUT2D eigenvalue weighted by Gasteiger charge is 2.40. The summed E-state index contributed by atoms with van der Waals surface area (Å²) in [4.78, 5) is 0. The van der Waals surface area contributed by atoms with Gasteiger partial charge in [0.25, 0.3) is 0 Å². The first kappa shape index (κ1) is 7.56. The third-order valence-electron chi connectivity index (χ3n) is 2.92. The van der Waals surface area contributed by atoms with Crippen LogP contribution < -0.4 is 0 Å². The van der Waals surface area contributed by atoms with Crippen LogP contribution in [0.2, 0.25) is 0 Å². The monoisotopic (exact) mass is 156 g/mol. The largest absolute Gasteiger partial charge is 0.353 e. The van der Waals surface area contributed by atoms with Crippen LogP contribution in [0.4, 0.5) is 0 Å². The molecule has 11 heavy (non-hydrogen) atoms. The standard InChI is InChI=1S/C9H16O2/c1-10-9-6-2-4-8(11-9)5-3-7-9/h8H,2-7H2,1H3. The summed E-state index contributed by atoms with van der Waals surface area (Å²) < 4.78 is 11.3. The van der Waals surface area contributed by atoms with Gasteiger partial charge in [0.2, 0.25) is 0 Å². The molecule has 0 atom stereocenters. The van der Waals surface area contributed by atoms with Crippen molar-refractivity contribution in [1.29, 1.82) is 0 Å². The van der Waals surface area contributed by atoms with Crippen molar-refractivity contribution in [3.05, 3.63) is 0 Å². The first-order valence-corrected chi connectivity index (χ1v) is 4.58. The summed E-state index contributed by atoms with van der Waals surface area (Å²) in [5, 5.41) is 0. The third kappa shape index (κ3) is 1.30. The van der Waals surface area contributed by atoms with Gasteiger partial charge in [-0.2, -0.15) is 0 Å². The smallest absolute Gasteiger partial charge is 0.168 e. The molecule has 2 heterocycles. The zero-order valence-electron chi connectivity index (χ0n) is 7.14. The van der Waals surface area contributed by atoms with Crippen LogP contribution in [0.15, 0.2) is 0 Å². The lowest BCUT2D eigenvalue weighted by atomic mass is 9.89.